The van der Waals surface area contributed by atoms with E-state index in [-0.39, 0.29) is 5.69 Å². The monoisotopic (exact) mass is 1290 g/mol. The Morgan fingerprint density at radius 2 is 0.647 bits per heavy atom. The van der Waals surface area contributed by atoms with E-state index in [9.17, 15) is 140 Å². The third-order valence-corrected chi connectivity index (χ3v) is 12.7. The van der Waals surface area contributed by atoms with E-state index in [0.717, 1.165) is 35.4 Å². The first-order valence-corrected chi connectivity index (χ1v) is 22.7. The summed E-state index contributed by atoms with van der Waals surface area (Å²) >= 11 is 0. The number of halogens is 32. The molecule has 0 fully saturated rings. The molecule has 6 nitrogen and oxygen atoms in total. The van der Waals surface area contributed by atoms with Crippen LogP contribution in [0.15, 0.2) is 60.7 Å². The van der Waals surface area contributed by atoms with Gasteiger partial charge in [0.1, 0.15) is 0 Å². The van der Waals surface area contributed by atoms with Gasteiger partial charge in [0.15, 0.2) is 19.0 Å². The summed E-state index contributed by atoms with van der Waals surface area (Å²) in [5, 5.41) is 1.21. The molecule has 38 heteroatoms. The number of rotatable bonds is 22. The second-order valence-electron chi connectivity index (χ2n) is 20.6. The normalized spacial score (nSPS) is 15.2. The van der Waals surface area contributed by atoms with E-state index in [4.69, 9.17) is 0 Å². The Kier molecular flexibility index (Phi) is 17.0. The quantitative estimate of drug-likeness (QED) is 0.0646. The fourth-order valence-electron chi connectivity index (χ4n) is 7.42. The molecule has 3 aromatic carbocycles. The molecule has 0 aliphatic rings. The average molecular weight is 1290 g/mol. The Bertz CT molecular complexity index is 3070. The molecule has 0 N–H and O–H groups in total. The molecule has 5 aromatic rings. The van der Waals surface area contributed by atoms with Gasteiger partial charge in [0.25, 0.3) is 0 Å². The molecule has 0 aliphatic heterocycles. The standard InChI is InChI=1S/C47H34F32N4O2/c1-32(2,3)20-9-13-25-23(15-20)24-16-21(33(4,5)6)10-14-26(24)83(25)22-11-7-19(8-12-22)27-80-30(84-17-34(52,53)38(60,61)42(68,69)46(76,77)44(72,73)40(64,65)36(56,57)28(48)49)82-31(81-27)85-18-35(54,55)39(62,63)43(70,71)47(78,79)45(74,75)41(66,67)37(58,59)29(50)51/h7-16,28-29H,17-18H2,1-6H3. The molecule has 5 rings (SSSR count). The topological polar surface area (TPSA) is 62.1 Å². The second-order valence-corrected chi connectivity index (χ2v) is 20.6. The van der Waals surface area contributed by atoms with Crippen molar-refractivity contribution in [2.24, 2.45) is 0 Å². The maximum Gasteiger partial charge on any atom is 0.385 e. The molecule has 0 amide bonds. The van der Waals surface area contributed by atoms with Crippen LogP contribution in [-0.4, -0.2) is 128 Å². The summed E-state index contributed by atoms with van der Waals surface area (Å²) < 4.78 is 458. The first-order chi connectivity index (χ1) is 37.7. The zero-order valence-corrected chi connectivity index (χ0v) is 42.5. The minimum Gasteiger partial charge on any atom is -0.457 e. The van der Waals surface area contributed by atoms with Crippen molar-refractivity contribution >= 4 is 21.8 Å². The van der Waals surface area contributed by atoms with Crippen molar-refractivity contribution in [1.29, 1.82) is 0 Å². The summed E-state index contributed by atoms with van der Waals surface area (Å²) in [6.45, 7) is 3.42. The Morgan fingerprint density at radius 1 is 0.365 bits per heavy atom. The molecular formula is C47H34F32N4O2. The smallest absolute Gasteiger partial charge is 0.385 e. The minimum atomic E-state index is -8.95. The number of aromatic nitrogens is 4. The van der Waals surface area contributed by atoms with Crippen LogP contribution in [0, 0.1) is 0 Å². The van der Waals surface area contributed by atoms with Crippen LogP contribution < -0.4 is 9.47 Å². The number of nitrogens with zero attached hydrogens (tertiary/aromatic N) is 4. The Hall–Kier alpha value is -6.17. The van der Waals surface area contributed by atoms with Crippen molar-refractivity contribution in [3.63, 3.8) is 0 Å². The fraction of sp³-hybridized carbons (Fsp3) is 0.553. The third-order valence-electron chi connectivity index (χ3n) is 12.7. The van der Waals surface area contributed by atoms with Crippen LogP contribution in [0.1, 0.15) is 52.7 Å². The molecule has 0 bridgehead atoms. The zero-order chi connectivity index (χ0) is 66.1. The maximum absolute atomic E-state index is 15.0. The number of benzene rings is 3. The first-order valence-electron chi connectivity index (χ1n) is 22.7. The number of fused-ring (bicyclic) bond motifs is 3. The lowest BCUT2D eigenvalue weighted by atomic mass is 9.85. The molecule has 0 saturated carbocycles. The van der Waals surface area contributed by atoms with Gasteiger partial charge in [-0.1, -0.05) is 53.7 Å². The van der Waals surface area contributed by atoms with Crippen LogP contribution >= 0.6 is 0 Å². The average Bonchev–Trinajstić information content (AvgIpc) is 1.33. The van der Waals surface area contributed by atoms with Gasteiger partial charge in [-0.3, -0.25) is 0 Å². The van der Waals surface area contributed by atoms with E-state index in [1.807, 2.05) is 53.7 Å². The number of ether oxygens (including phenoxy) is 2. The molecule has 478 valence electrons. The number of alkyl halides is 32. The molecular weight excluding hydrogens is 1260 g/mol. The molecule has 85 heavy (non-hydrogen) atoms. The van der Waals surface area contributed by atoms with E-state index in [1.54, 1.807) is 28.8 Å². The lowest BCUT2D eigenvalue weighted by Crippen LogP contribution is -2.74. The van der Waals surface area contributed by atoms with Crippen molar-refractivity contribution in [2.75, 3.05) is 13.2 Å². The highest BCUT2D eigenvalue weighted by atomic mass is 19.4. The van der Waals surface area contributed by atoms with E-state index in [0.29, 0.717) is 21.8 Å². The van der Waals surface area contributed by atoms with Gasteiger partial charge in [0.05, 0.1) is 11.0 Å². The van der Waals surface area contributed by atoms with Gasteiger partial charge in [0, 0.05) is 22.0 Å². The molecule has 0 unspecified atom stereocenters. The third kappa shape index (κ3) is 10.6. The Labute approximate surface area is 453 Å². The molecule has 0 radical (unpaired) electrons. The van der Waals surface area contributed by atoms with Gasteiger partial charge in [-0.15, -0.1) is 4.98 Å². The summed E-state index contributed by atoms with van der Waals surface area (Å²) in [6, 6.07) is 9.12. The van der Waals surface area contributed by atoms with E-state index in [1.165, 1.54) is 0 Å². The van der Waals surface area contributed by atoms with Crippen LogP contribution in [0.4, 0.5) is 140 Å². The summed E-state index contributed by atoms with van der Waals surface area (Å²) in [7, 11) is 0. The molecule has 0 saturated heterocycles. The summed E-state index contributed by atoms with van der Waals surface area (Å²) in [5.74, 6) is -119. The predicted molar refractivity (Wildman–Crippen MR) is 229 cm³/mol. The molecule has 0 spiro atoms. The van der Waals surface area contributed by atoms with Crippen LogP contribution in [-0.2, 0) is 10.8 Å². The minimum absolute atomic E-state index is 0.0829. The molecule has 2 aromatic heterocycles. The van der Waals surface area contributed by atoms with Crippen LogP contribution in [0.2, 0.25) is 0 Å². The summed E-state index contributed by atoms with van der Waals surface area (Å²) in [4.78, 5) is 8.66. The van der Waals surface area contributed by atoms with Gasteiger partial charge < -0.3 is 14.0 Å². The van der Waals surface area contributed by atoms with Crippen molar-refractivity contribution in [3.05, 3.63) is 71.8 Å². The molecule has 0 atom stereocenters. The first kappa shape index (κ1) is 69.6. The van der Waals surface area contributed by atoms with Crippen LogP contribution in [0.5, 0.6) is 12.0 Å². The highest BCUT2D eigenvalue weighted by Crippen LogP contribution is 2.65. The molecule has 0 aliphatic carbocycles. The van der Waals surface area contributed by atoms with Gasteiger partial charge in [0.2, 0.25) is 0 Å². The fourth-order valence-corrected chi connectivity index (χ4v) is 7.42. The van der Waals surface area contributed by atoms with Gasteiger partial charge in [-0.2, -0.15) is 133 Å². The Morgan fingerprint density at radius 3 is 0.929 bits per heavy atom. The van der Waals surface area contributed by atoms with E-state index >= 15 is 0 Å². The maximum atomic E-state index is 15.0. The van der Waals surface area contributed by atoms with Crippen LogP contribution in [0.3, 0.4) is 0 Å². The van der Waals surface area contributed by atoms with Gasteiger partial charge >= 0.3 is 108 Å². The lowest BCUT2D eigenvalue weighted by Gasteiger charge is -2.42. The van der Waals surface area contributed by atoms with E-state index < -0.39 is 143 Å². The van der Waals surface area contributed by atoms with Crippen molar-refractivity contribution in [1.82, 2.24) is 19.5 Å². The molecule has 2 heterocycles. The second kappa shape index (κ2) is 20.7. The Balaban J connectivity index is 1.64. The number of hydrogen-bond acceptors (Lipinski definition) is 5. The number of hydrogen-bond donors (Lipinski definition) is 0. The van der Waals surface area contributed by atoms with Crippen molar-refractivity contribution < 1.29 is 150 Å². The van der Waals surface area contributed by atoms with Gasteiger partial charge in [-0.25, -0.2) is 17.6 Å². The summed E-state index contributed by atoms with van der Waals surface area (Å²) in [5.41, 5.74) is 0.831. The van der Waals surface area contributed by atoms with Gasteiger partial charge in [-0.05, 0) is 70.5 Å². The SMILES string of the molecule is CC(C)(C)c1ccc2c(c1)c1cc(C(C)(C)C)ccc1n2-c1ccc(-c2nc(OCC(F)(F)C(F)(F)C(F)(F)C(F)(F)C(F)(F)C(F)(F)C(F)(F)C(F)F)nc(OCC(F)(F)C(F)(F)C(F)(F)C(F)(F)C(F)(F)C(F)(F)C(F)(F)C(F)F)n2)cc1. The zero-order valence-electron chi connectivity index (χ0n) is 42.5. The van der Waals surface area contributed by atoms with Crippen molar-refractivity contribution in [2.45, 2.75) is 148 Å². The summed E-state index contributed by atoms with van der Waals surface area (Å²) in [6.07, 6.45) is -12.4. The predicted octanol–water partition coefficient (Wildman–Crippen LogP) is 17.4. The highest BCUT2D eigenvalue weighted by molar-refractivity contribution is 6.10. The lowest BCUT2D eigenvalue weighted by molar-refractivity contribution is -0.447. The largest absolute Gasteiger partial charge is 0.457 e. The van der Waals surface area contributed by atoms with Crippen LogP contribution in [0.25, 0.3) is 38.9 Å². The van der Waals surface area contributed by atoms with Crippen molar-refractivity contribution in [3.8, 4) is 29.1 Å². The van der Waals surface area contributed by atoms with E-state index in [2.05, 4.69) is 24.4 Å². The highest BCUT2D eigenvalue weighted by Gasteiger charge is 2.95.